The summed E-state index contributed by atoms with van der Waals surface area (Å²) in [7, 11) is 0. The van der Waals surface area contributed by atoms with E-state index in [1.165, 1.54) is 19.3 Å². The minimum atomic E-state index is 0.129. The normalized spacial score (nSPS) is 31.1. The number of fused-ring (bicyclic) bond motifs is 1. The lowest BCUT2D eigenvalue weighted by molar-refractivity contribution is 0.0216. The van der Waals surface area contributed by atoms with Gasteiger partial charge in [0.2, 0.25) is 0 Å². The molecule has 1 aliphatic heterocycles. The van der Waals surface area contributed by atoms with Crippen LogP contribution in [0.1, 0.15) is 49.4 Å². The van der Waals surface area contributed by atoms with E-state index in [4.69, 9.17) is 4.42 Å². The summed E-state index contributed by atoms with van der Waals surface area (Å²) < 4.78 is 5.76. The number of hydrogen-bond acceptors (Lipinski definition) is 2. The highest BCUT2D eigenvalue weighted by Crippen LogP contribution is 2.39. The maximum atomic E-state index is 12.7. The molecular weight excluding hydrogens is 306 g/mol. The number of likely N-dealkylation sites (tertiary alicyclic amines) is 1. The van der Waals surface area contributed by atoms with E-state index in [1.807, 2.05) is 0 Å². The molecule has 3 rings (SSSR count). The van der Waals surface area contributed by atoms with Gasteiger partial charge in [-0.25, -0.2) is 0 Å². The minimum Gasteiger partial charge on any atom is -0.457 e. The standard InChI is InChI=1S/C15H20BrNO2/c1-10-6-8-17(13-5-3-2-4-11(10)13)15(18)12-7-9-19-14(12)16/h7,9-11,13H,2-6,8H2,1H3. The predicted octanol–water partition coefficient (Wildman–Crippen LogP) is 4.08. The average molecular weight is 326 g/mol. The molecule has 3 atom stereocenters. The molecule has 0 aromatic carbocycles. The van der Waals surface area contributed by atoms with Crippen LogP contribution in [0.15, 0.2) is 21.4 Å². The molecule has 2 aliphatic rings. The van der Waals surface area contributed by atoms with E-state index in [1.54, 1.807) is 12.3 Å². The molecule has 2 fully saturated rings. The molecule has 3 unspecified atom stereocenters. The molecule has 0 N–H and O–H groups in total. The zero-order valence-corrected chi connectivity index (χ0v) is 12.9. The molecule has 4 heteroatoms. The minimum absolute atomic E-state index is 0.129. The molecule has 19 heavy (non-hydrogen) atoms. The van der Waals surface area contributed by atoms with Crippen molar-refractivity contribution in [3.8, 4) is 0 Å². The summed E-state index contributed by atoms with van der Waals surface area (Å²) in [6.45, 7) is 3.23. The number of rotatable bonds is 1. The highest BCUT2D eigenvalue weighted by Gasteiger charge is 2.40. The number of nitrogens with zero attached hydrogens (tertiary/aromatic N) is 1. The molecule has 1 amide bonds. The molecule has 1 saturated heterocycles. The summed E-state index contributed by atoms with van der Waals surface area (Å²) in [5.74, 6) is 1.57. The Kier molecular flexibility index (Phi) is 3.70. The lowest BCUT2D eigenvalue weighted by atomic mass is 9.72. The van der Waals surface area contributed by atoms with Crippen molar-refractivity contribution < 1.29 is 9.21 Å². The van der Waals surface area contributed by atoms with Crippen molar-refractivity contribution in [1.29, 1.82) is 0 Å². The van der Waals surface area contributed by atoms with E-state index in [0.29, 0.717) is 22.2 Å². The summed E-state index contributed by atoms with van der Waals surface area (Å²) in [4.78, 5) is 14.8. The second-order valence-corrected chi connectivity index (χ2v) is 6.61. The molecule has 104 valence electrons. The SMILES string of the molecule is CC1CCN(C(=O)c2ccoc2Br)C2CCCCC12. The zero-order chi connectivity index (χ0) is 13.4. The van der Waals surface area contributed by atoms with Gasteiger partial charge in [-0.3, -0.25) is 4.79 Å². The molecule has 1 aromatic rings. The van der Waals surface area contributed by atoms with Crippen LogP contribution in [0.25, 0.3) is 0 Å². The Morgan fingerprint density at radius 2 is 2.16 bits per heavy atom. The van der Waals surface area contributed by atoms with Gasteiger partial charge in [0.25, 0.3) is 5.91 Å². The van der Waals surface area contributed by atoms with Crippen LogP contribution in [0.2, 0.25) is 0 Å². The molecule has 3 nitrogen and oxygen atoms in total. The lowest BCUT2D eigenvalue weighted by Gasteiger charge is -2.47. The van der Waals surface area contributed by atoms with E-state index in [9.17, 15) is 4.79 Å². The predicted molar refractivity (Wildman–Crippen MR) is 77.0 cm³/mol. The number of carbonyl (C=O) groups is 1. The quantitative estimate of drug-likeness (QED) is 0.779. The van der Waals surface area contributed by atoms with Crippen LogP contribution in [-0.2, 0) is 0 Å². The summed E-state index contributed by atoms with van der Waals surface area (Å²) in [6.07, 6.45) is 7.72. The third kappa shape index (κ3) is 2.35. The van der Waals surface area contributed by atoms with Gasteiger partial charge >= 0.3 is 0 Å². The van der Waals surface area contributed by atoms with Gasteiger partial charge in [-0.2, -0.15) is 0 Å². The Hall–Kier alpha value is -0.770. The summed E-state index contributed by atoms with van der Waals surface area (Å²) >= 11 is 3.32. The highest BCUT2D eigenvalue weighted by atomic mass is 79.9. The van der Waals surface area contributed by atoms with Crippen LogP contribution in [0.4, 0.5) is 0 Å². The summed E-state index contributed by atoms with van der Waals surface area (Å²) in [6, 6.07) is 2.20. The van der Waals surface area contributed by atoms with Crippen LogP contribution in [0.3, 0.4) is 0 Å². The molecular formula is C15H20BrNO2. The first-order chi connectivity index (χ1) is 9.18. The Morgan fingerprint density at radius 3 is 2.89 bits per heavy atom. The smallest absolute Gasteiger partial charge is 0.258 e. The van der Waals surface area contributed by atoms with E-state index in [0.717, 1.165) is 25.3 Å². The van der Waals surface area contributed by atoms with Gasteiger partial charge < -0.3 is 9.32 Å². The van der Waals surface area contributed by atoms with Gasteiger partial charge in [0.05, 0.1) is 11.8 Å². The van der Waals surface area contributed by atoms with Crippen molar-refractivity contribution in [2.75, 3.05) is 6.54 Å². The van der Waals surface area contributed by atoms with Crippen molar-refractivity contribution >= 4 is 21.8 Å². The van der Waals surface area contributed by atoms with Crippen LogP contribution in [0, 0.1) is 11.8 Å². The highest BCUT2D eigenvalue weighted by molar-refractivity contribution is 9.10. The average Bonchev–Trinajstić information content (AvgIpc) is 2.85. The van der Waals surface area contributed by atoms with Gasteiger partial charge in [-0.1, -0.05) is 19.8 Å². The first-order valence-corrected chi connectivity index (χ1v) is 8.01. The van der Waals surface area contributed by atoms with Crippen molar-refractivity contribution in [3.63, 3.8) is 0 Å². The monoisotopic (exact) mass is 325 g/mol. The molecule has 1 saturated carbocycles. The Balaban J connectivity index is 1.84. The van der Waals surface area contributed by atoms with E-state index in [-0.39, 0.29) is 5.91 Å². The fraction of sp³-hybridized carbons (Fsp3) is 0.667. The Morgan fingerprint density at radius 1 is 1.37 bits per heavy atom. The summed E-state index contributed by atoms with van der Waals surface area (Å²) in [5.41, 5.74) is 0.666. The van der Waals surface area contributed by atoms with E-state index < -0.39 is 0 Å². The molecule has 1 aromatic heterocycles. The van der Waals surface area contributed by atoms with E-state index in [2.05, 4.69) is 27.8 Å². The Bertz CT molecular complexity index is 470. The first-order valence-electron chi connectivity index (χ1n) is 7.22. The maximum absolute atomic E-state index is 12.7. The van der Waals surface area contributed by atoms with Gasteiger partial charge in [-0.05, 0) is 53.1 Å². The fourth-order valence-corrected chi connectivity index (χ4v) is 4.18. The maximum Gasteiger partial charge on any atom is 0.258 e. The van der Waals surface area contributed by atoms with Crippen molar-refractivity contribution in [3.05, 3.63) is 22.6 Å². The van der Waals surface area contributed by atoms with Crippen LogP contribution in [0.5, 0.6) is 0 Å². The van der Waals surface area contributed by atoms with E-state index >= 15 is 0 Å². The second-order valence-electron chi connectivity index (χ2n) is 5.89. The molecule has 0 radical (unpaired) electrons. The van der Waals surface area contributed by atoms with Gasteiger partial charge in [-0.15, -0.1) is 0 Å². The number of amides is 1. The third-order valence-electron chi connectivity index (χ3n) is 4.85. The second kappa shape index (κ2) is 5.31. The third-order valence-corrected chi connectivity index (χ3v) is 5.46. The number of halogens is 1. The van der Waals surface area contributed by atoms with Crippen LogP contribution in [-0.4, -0.2) is 23.4 Å². The fourth-order valence-electron chi connectivity index (χ4n) is 3.77. The topological polar surface area (TPSA) is 33.5 Å². The molecule has 2 heterocycles. The largest absolute Gasteiger partial charge is 0.457 e. The van der Waals surface area contributed by atoms with Crippen molar-refractivity contribution in [2.24, 2.45) is 11.8 Å². The van der Waals surface area contributed by atoms with Crippen molar-refractivity contribution in [2.45, 2.75) is 45.1 Å². The van der Waals surface area contributed by atoms with Gasteiger partial charge in [0.1, 0.15) is 0 Å². The molecule has 0 spiro atoms. The number of furan rings is 1. The zero-order valence-electron chi connectivity index (χ0n) is 11.3. The van der Waals surface area contributed by atoms with Crippen LogP contribution < -0.4 is 0 Å². The number of hydrogen-bond donors (Lipinski definition) is 0. The number of piperidine rings is 1. The number of carbonyl (C=O) groups excluding carboxylic acids is 1. The Labute approximate surface area is 122 Å². The molecule has 0 bridgehead atoms. The van der Waals surface area contributed by atoms with Gasteiger partial charge in [0.15, 0.2) is 4.67 Å². The summed E-state index contributed by atoms with van der Waals surface area (Å²) in [5, 5.41) is 0. The van der Waals surface area contributed by atoms with Gasteiger partial charge in [0, 0.05) is 12.6 Å². The van der Waals surface area contributed by atoms with Crippen LogP contribution >= 0.6 is 15.9 Å². The lowest BCUT2D eigenvalue weighted by Crippen LogP contribution is -2.52. The first kappa shape index (κ1) is 13.2. The van der Waals surface area contributed by atoms with Crippen molar-refractivity contribution in [1.82, 2.24) is 4.90 Å². The molecule has 1 aliphatic carbocycles.